The fourth-order valence-electron chi connectivity index (χ4n) is 7.39. The van der Waals surface area contributed by atoms with Crippen LogP contribution < -0.4 is 18.9 Å². The first-order valence-electron chi connectivity index (χ1n) is 20.3. The number of ether oxygens (including phenoxy) is 4. The third-order valence-electron chi connectivity index (χ3n) is 10.7. The lowest BCUT2D eigenvalue weighted by Crippen LogP contribution is -2.48. The summed E-state index contributed by atoms with van der Waals surface area (Å²) < 4.78 is 44.5. The highest BCUT2D eigenvalue weighted by molar-refractivity contribution is 6.03. The second-order valence-corrected chi connectivity index (χ2v) is 15.0. The number of para-hydroxylation sites is 1. The van der Waals surface area contributed by atoms with Gasteiger partial charge in [-0.05, 0) is 85.4 Å². The Bertz CT molecular complexity index is 2670. The first-order chi connectivity index (χ1) is 30.6. The van der Waals surface area contributed by atoms with Crippen molar-refractivity contribution in [2.45, 2.75) is 25.2 Å². The molecular formula is C47H45FN6O9. The number of aliphatic carboxylic acids is 1. The number of aliphatic hydroxyl groups excluding tert-OH is 1. The van der Waals surface area contributed by atoms with Gasteiger partial charge in [-0.3, -0.25) is 4.90 Å². The van der Waals surface area contributed by atoms with Crippen LogP contribution in [0.1, 0.15) is 11.3 Å². The lowest BCUT2D eigenvalue weighted by molar-refractivity contribution is -0.145. The molecule has 15 nitrogen and oxygen atoms in total. The maximum absolute atomic E-state index is 14.1. The van der Waals surface area contributed by atoms with E-state index in [1.54, 1.807) is 61.8 Å². The van der Waals surface area contributed by atoms with Gasteiger partial charge >= 0.3 is 5.97 Å². The monoisotopic (exact) mass is 856 g/mol. The minimum absolute atomic E-state index is 0.00113. The van der Waals surface area contributed by atoms with E-state index >= 15 is 0 Å². The molecule has 1 unspecified atom stereocenters. The molecule has 4 aromatic carbocycles. The van der Waals surface area contributed by atoms with Crippen LogP contribution in [0.3, 0.4) is 0 Å². The van der Waals surface area contributed by atoms with Crippen molar-refractivity contribution in [1.82, 2.24) is 29.7 Å². The number of piperazine rings is 1. The van der Waals surface area contributed by atoms with E-state index in [2.05, 4.69) is 36.8 Å². The number of carboxylic acids is 1. The molecule has 4 heterocycles. The van der Waals surface area contributed by atoms with Crippen molar-refractivity contribution in [3.8, 4) is 62.7 Å². The molecule has 1 aliphatic rings. The molecule has 2 atom stereocenters. The highest BCUT2D eigenvalue weighted by Gasteiger charge is 2.29. The van der Waals surface area contributed by atoms with Crippen LogP contribution in [0.2, 0.25) is 0 Å². The summed E-state index contributed by atoms with van der Waals surface area (Å²) in [5.74, 6) is 0.253. The number of phenolic OH excluding ortho intramolecular Hbond substituents is 1. The Morgan fingerprint density at radius 2 is 1.65 bits per heavy atom. The molecular weight excluding hydrogens is 812 g/mol. The van der Waals surface area contributed by atoms with Crippen LogP contribution in [0.15, 0.2) is 114 Å². The topological polar surface area (TPSA) is 186 Å². The molecule has 1 saturated heterocycles. The van der Waals surface area contributed by atoms with Crippen molar-refractivity contribution in [2.75, 3.05) is 53.5 Å². The summed E-state index contributed by atoms with van der Waals surface area (Å²) in [6.07, 6.45) is 0.581. The van der Waals surface area contributed by atoms with Crippen LogP contribution in [-0.4, -0.2) is 117 Å². The largest absolute Gasteiger partial charge is 0.508 e. The van der Waals surface area contributed by atoms with Gasteiger partial charge in [0, 0.05) is 62.0 Å². The van der Waals surface area contributed by atoms with Crippen molar-refractivity contribution in [1.29, 1.82) is 0 Å². The van der Waals surface area contributed by atoms with Crippen LogP contribution in [0.25, 0.3) is 44.9 Å². The van der Waals surface area contributed by atoms with Crippen LogP contribution >= 0.6 is 0 Å². The standard InChI is InChI=1S/C47H45FN6O9/c1-53-19-21-54(22-20-53)25-36(26-55)61-35-14-9-29(10-15-35)41-42-45(50-28-51-46(42)63-43(41)30-7-11-32(48)12-8-30)62-40(47(57)58)24-31-23-34(56)13-16-38(31)60-27-33-17-18-49-44(52-33)37-5-3-4-6-39(37)59-2/h3-18,23,28,36,40,55-56H,19-22,24-27H2,1-2H3,(H,57,58)/t36-,40?/m0/s1. The number of benzene rings is 4. The molecule has 0 radical (unpaired) electrons. The van der Waals surface area contributed by atoms with E-state index in [0.717, 1.165) is 26.2 Å². The molecule has 7 aromatic rings. The van der Waals surface area contributed by atoms with Crippen LogP contribution in [0, 0.1) is 5.82 Å². The number of furan rings is 1. The summed E-state index contributed by atoms with van der Waals surface area (Å²) in [5.41, 5.74) is 3.31. The van der Waals surface area contributed by atoms with Crippen molar-refractivity contribution < 1.29 is 47.9 Å². The first-order valence-corrected chi connectivity index (χ1v) is 20.3. The number of fused-ring (bicyclic) bond motifs is 1. The number of aliphatic hydroxyl groups is 1. The van der Waals surface area contributed by atoms with E-state index in [-0.39, 0.29) is 42.4 Å². The number of methoxy groups -OCH3 is 1. The molecule has 0 aliphatic carbocycles. The van der Waals surface area contributed by atoms with Gasteiger partial charge in [0.2, 0.25) is 17.7 Å². The average Bonchev–Trinajstić information content (AvgIpc) is 3.70. The Morgan fingerprint density at radius 1 is 0.889 bits per heavy atom. The number of aromatic hydroxyl groups is 1. The number of nitrogens with zero attached hydrogens (tertiary/aromatic N) is 6. The number of phenols is 1. The van der Waals surface area contributed by atoms with Crippen LogP contribution in [-0.2, 0) is 17.8 Å². The quantitative estimate of drug-likeness (QED) is 0.0900. The lowest BCUT2D eigenvalue weighted by atomic mass is 9.99. The number of likely N-dealkylation sites (N-methyl/N-ethyl adjacent to an activating group) is 1. The summed E-state index contributed by atoms with van der Waals surface area (Å²) in [6, 6.07) is 26.3. The fraction of sp³-hybridized carbons (Fsp3) is 0.255. The number of hydrogen-bond acceptors (Lipinski definition) is 14. The van der Waals surface area contributed by atoms with Crippen LogP contribution in [0.5, 0.6) is 28.9 Å². The number of halogens is 1. The molecule has 324 valence electrons. The zero-order chi connectivity index (χ0) is 43.9. The van der Waals surface area contributed by atoms with Gasteiger partial charge in [-0.2, -0.15) is 0 Å². The summed E-state index contributed by atoms with van der Waals surface area (Å²) in [7, 11) is 3.65. The van der Waals surface area contributed by atoms with E-state index in [4.69, 9.17) is 23.4 Å². The van der Waals surface area contributed by atoms with Gasteiger partial charge < -0.3 is 43.6 Å². The van der Waals surface area contributed by atoms with Crippen molar-refractivity contribution >= 4 is 17.1 Å². The Morgan fingerprint density at radius 3 is 2.40 bits per heavy atom. The predicted molar refractivity (Wildman–Crippen MR) is 230 cm³/mol. The number of hydrogen-bond donors (Lipinski definition) is 3. The van der Waals surface area contributed by atoms with Gasteiger partial charge in [0.05, 0.1) is 25.0 Å². The molecule has 0 spiro atoms. The number of carbonyl (C=O) groups is 1. The summed E-state index contributed by atoms with van der Waals surface area (Å²) in [5, 5.41) is 31.5. The first kappa shape index (κ1) is 42.5. The summed E-state index contributed by atoms with van der Waals surface area (Å²) in [6.45, 7) is 4.04. The summed E-state index contributed by atoms with van der Waals surface area (Å²) in [4.78, 5) is 35.3. The molecule has 8 rings (SSSR count). The SMILES string of the molecule is COc1ccccc1-c1nccc(COc2ccc(O)cc2CC(Oc2ncnc3oc(-c4ccc(F)cc4)c(-c4ccc(O[C@H](CO)CN5CCN(C)CC5)cc4)c23)C(=O)O)n1. The maximum atomic E-state index is 14.1. The number of carboxylic acid groups (broad SMARTS) is 1. The normalized spacial score (nSPS) is 14.3. The van der Waals surface area contributed by atoms with E-state index in [0.29, 0.717) is 68.9 Å². The molecule has 0 saturated carbocycles. The highest BCUT2D eigenvalue weighted by atomic mass is 19.1. The second-order valence-electron chi connectivity index (χ2n) is 15.0. The second kappa shape index (κ2) is 19.3. The zero-order valence-electron chi connectivity index (χ0n) is 34.6. The smallest absolute Gasteiger partial charge is 0.345 e. The Balaban J connectivity index is 1.07. The fourth-order valence-corrected chi connectivity index (χ4v) is 7.39. The Kier molecular flexibility index (Phi) is 13.0. The lowest BCUT2D eigenvalue weighted by Gasteiger charge is -2.34. The van der Waals surface area contributed by atoms with E-state index in [1.165, 1.54) is 30.6 Å². The molecule has 0 bridgehead atoms. The zero-order valence-corrected chi connectivity index (χ0v) is 34.6. The molecule has 1 aliphatic heterocycles. The maximum Gasteiger partial charge on any atom is 0.345 e. The molecule has 3 N–H and O–H groups in total. The molecule has 16 heteroatoms. The van der Waals surface area contributed by atoms with E-state index in [1.807, 2.05) is 24.3 Å². The Labute approximate surface area is 361 Å². The van der Waals surface area contributed by atoms with Gasteiger partial charge in [-0.25, -0.2) is 29.1 Å². The van der Waals surface area contributed by atoms with Gasteiger partial charge in [0.1, 0.15) is 59.0 Å². The van der Waals surface area contributed by atoms with Gasteiger partial charge in [-0.15, -0.1) is 0 Å². The summed E-state index contributed by atoms with van der Waals surface area (Å²) >= 11 is 0. The van der Waals surface area contributed by atoms with Crippen molar-refractivity contribution in [3.63, 3.8) is 0 Å². The number of aromatic nitrogens is 4. The highest BCUT2D eigenvalue weighted by Crippen LogP contribution is 2.44. The average molecular weight is 857 g/mol. The minimum Gasteiger partial charge on any atom is -0.508 e. The third-order valence-corrected chi connectivity index (χ3v) is 10.7. The van der Waals surface area contributed by atoms with Gasteiger partial charge in [-0.1, -0.05) is 24.3 Å². The van der Waals surface area contributed by atoms with Gasteiger partial charge in [0.25, 0.3) is 0 Å². The molecule has 63 heavy (non-hydrogen) atoms. The van der Waals surface area contributed by atoms with E-state index in [9.17, 15) is 24.5 Å². The van der Waals surface area contributed by atoms with Crippen LogP contribution in [0.4, 0.5) is 4.39 Å². The van der Waals surface area contributed by atoms with E-state index < -0.39 is 24.0 Å². The molecule has 1 fully saturated rings. The van der Waals surface area contributed by atoms with Crippen molar-refractivity contribution in [2.24, 2.45) is 0 Å². The predicted octanol–water partition coefficient (Wildman–Crippen LogP) is 6.51. The Hall–Kier alpha value is -7.14. The third kappa shape index (κ3) is 9.99. The number of rotatable bonds is 17. The molecule has 3 aromatic heterocycles. The van der Waals surface area contributed by atoms with Gasteiger partial charge in [0.15, 0.2) is 5.82 Å². The minimum atomic E-state index is -1.54. The molecule has 0 amide bonds. The van der Waals surface area contributed by atoms with Crippen molar-refractivity contribution in [3.05, 3.63) is 127 Å².